The van der Waals surface area contributed by atoms with Gasteiger partial charge in [0.25, 0.3) is 0 Å². The summed E-state index contributed by atoms with van der Waals surface area (Å²) in [5.41, 5.74) is 0.407. The van der Waals surface area contributed by atoms with Gasteiger partial charge in [-0.25, -0.2) is 17.5 Å². The van der Waals surface area contributed by atoms with Crippen LogP contribution in [0, 0.1) is 5.82 Å². The first-order chi connectivity index (χ1) is 10.4. The maximum atomic E-state index is 13.1. The number of benzene rings is 2. The van der Waals surface area contributed by atoms with Crippen LogP contribution in [0.3, 0.4) is 0 Å². The van der Waals surface area contributed by atoms with Crippen molar-refractivity contribution in [3.63, 3.8) is 0 Å². The van der Waals surface area contributed by atoms with Crippen molar-refractivity contribution in [2.45, 2.75) is 18.8 Å². The fourth-order valence-corrected chi connectivity index (χ4v) is 3.12. The molecule has 22 heavy (non-hydrogen) atoms. The van der Waals surface area contributed by atoms with Crippen LogP contribution in [0.2, 0.25) is 0 Å². The van der Waals surface area contributed by atoms with Crippen LogP contribution in [-0.2, 0) is 15.8 Å². The van der Waals surface area contributed by atoms with E-state index in [1.807, 2.05) is 18.2 Å². The van der Waals surface area contributed by atoms with E-state index in [9.17, 15) is 12.8 Å². The fraction of sp³-hybridized carbons (Fsp3) is 0.250. The van der Waals surface area contributed by atoms with Gasteiger partial charge in [-0.2, -0.15) is 0 Å². The normalized spacial score (nSPS) is 12.8. The molecule has 2 rings (SSSR count). The highest BCUT2D eigenvalue weighted by atomic mass is 32.2. The molecular formula is C16H18FNO3S. The van der Waals surface area contributed by atoms with Crippen LogP contribution in [0.25, 0.3) is 0 Å². The van der Waals surface area contributed by atoms with Gasteiger partial charge in [-0.05, 0) is 36.8 Å². The highest BCUT2D eigenvalue weighted by Gasteiger charge is 2.14. The van der Waals surface area contributed by atoms with Gasteiger partial charge in [0.15, 0.2) is 0 Å². The zero-order chi connectivity index (χ0) is 16.0. The largest absolute Gasteiger partial charge is 0.489 e. The highest BCUT2D eigenvalue weighted by molar-refractivity contribution is 7.88. The lowest BCUT2D eigenvalue weighted by atomic mass is 10.2. The van der Waals surface area contributed by atoms with Crippen LogP contribution in [-0.4, -0.2) is 21.1 Å². The molecule has 0 amide bonds. The Bertz CT molecular complexity index is 704. The summed E-state index contributed by atoms with van der Waals surface area (Å²) in [7, 11) is -3.54. The van der Waals surface area contributed by atoms with E-state index >= 15 is 0 Å². The SMILES string of the molecule is CC(CNS(=O)(=O)Cc1cccc(F)c1)Oc1ccccc1. The lowest BCUT2D eigenvalue weighted by molar-refractivity contribution is 0.225. The molecule has 0 aliphatic heterocycles. The van der Waals surface area contributed by atoms with E-state index in [0.29, 0.717) is 11.3 Å². The van der Waals surface area contributed by atoms with E-state index in [4.69, 9.17) is 4.74 Å². The lowest BCUT2D eigenvalue weighted by Gasteiger charge is -2.15. The van der Waals surface area contributed by atoms with Crippen molar-refractivity contribution in [2.75, 3.05) is 6.54 Å². The molecule has 1 unspecified atom stereocenters. The number of sulfonamides is 1. The minimum absolute atomic E-state index is 0.145. The summed E-state index contributed by atoms with van der Waals surface area (Å²) in [5, 5.41) is 0. The van der Waals surface area contributed by atoms with Gasteiger partial charge in [0.2, 0.25) is 10.0 Å². The fourth-order valence-electron chi connectivity index (χ4n) is 1.91. The lowest BCUT2D eigenvalue weighted by Crippen LogP contribution is -2.34. The summed E-state index contributed by atoms with van der Waals surface area (Å²) in [6.45, 7) is 1.92. The van der Waals surface area contributed by atoms with Crippen molar-refractivity contribution in [3.8, 4) is 5.75 Å². The van der Waals surface area contributed by atoms with Crippen molar-refractivity contribution in [1.82, 2.24) is 4.72 Å². The Morgan fingerprint density at radius 1 is 1.14 bits per heavy atom. The van der Waals surface area contributed by atoms with Gasteiger partial charge < -0.3 is 4.74 Å². The quantitative estimate of drug-likeness (QED) is 0.852. The molecule has 0 fully saturated rings. The number of ether oxygens (including phenoxy) is 1. The number of hydrogen-bond donors (Lipinski definition) is 1. The van der Waals surface area contributed by atoms with Crippen LogP contribution in [0.4, 0.5) is 4.39 Å². The van der Waals surface area contributed by atoms with Crippen molar-refractivity contribution >= 4 is 10.0 Å². The van der Waals surface area contributed by atoms with Crippen molar-refractivity contribution in [1.29, 1.82) is 0 Å². The van der Waals surface area contributed by atoms with E-state index in [1.54, 1.807) is 25.1 Å². The Morgan fingerprint density at radius 2 is 1.86 bits per heavy atom. The number of hydrogen-bond acceptors (Lipinski definition) is 3. The second-order valence-electron chi connectivity index (χ2n) is 4.98. The monoisotopic (exact) mass is 323 g/mol. The molecule has 0 saturated heterocycles. The zero-order valence-corrected chi connectivity index (χ0v) is 13.0. The average Bonchev–Trinajstić information content (AvgIpc) is 2.46. The molecule has 0 saturated carbocycles. The molecule has 2 aromatic rings. The van der Waals surface area contributed by atoms with Gasteiger partial charge in [-0.3, -0.25) is 0 Å². The zero-order valence-electron chi connectivity index (χ0n) is 12.2. The number of para-hydroxylation sites is 1. The van der Waals surface area contributed by atoms with E-state index in [-0.39, 0.29) is 18.4 Å². The molecule has 0 spiro atoms. The second kappa shape index (κ2) is 7.38. The van der Waals surface area contributed by atoms with Gasteiger partial charge in [0, 0.05) is 6.54 Å². The van der Waals surface area contributed by atoms with Gasteiger partial charge in [0.1, 0.15) is 17.7 Å². The Labute approximate surface area is 130 Å². The first kappa shape index (κ1) is 16.5. The van der Waals surface area contributed by atoms with Crippen LogP contribution >= 0.6 is 0 Å². The Balaban J connectivity index is 1.87. The number of rotatable bonds is 7. The Hall–Kier alpha value is -1.92. The molecule has 2 aromatic carbocycles. The Morgan fingerprint density at radius 3 is 2.55 bits per heavy atom. The third kappa shape index (κ3) is 5.46. The van der Waals surface area contributed by atoms with Crippen LogP contribution in [0.15, 0.2) is 54.6 Å². The molecule has 1 N–H and O–H groups in total. The van der Waals surface area contributed by atoms with E-state index in [2.05, 4.69) is 4.72 Å². The maximum Gasteiger partial charge on any atom is 0.215 e. The molecule has 0 heterocycles. The number of nitrogens with one attached hydrogen (secondary N) is 1. The third-order valence-corrected chi connectivity index (χ3v) is 4.24. The minimum atomic E-state index is -3.54. The summed E-state index contributed by atoms with van der Waals surface area (Å²) >= 11 is 0. The molecule has 0 bridgehead atoms. The summed E-state index contributed by atoms with van der Waals surface area (Å²) in [4.78, 5) is 0. The first-order valence-electron chi connectivity index (χ1n) is 6.88. The topological polar surface area (TPSA) is 55.4 Å². The van der Waals surface area contributed by atoms with Gasteiger partial charge in [-0.15, -0.1) is 0 Å². The van der Waals surface area contributed by atoms with Gasteiger partial charge in [-0.1, -0.05) is 30.3 Å². The molecular weight excluding hydrogens is 305 g/mol. The average molecular weight is 323 g/mol. The predicted molar refractivity (Wildman–Crippen MR) is 83.6 cm³/mol. The molecule has 118 valence electrons. The van der Waals surface area contributed by atoms with E-state index < -0.39 is 15.8 Å². The minimum Gasteiger partial charge on any atom is -0.489 e. The van der Waals surface area contributed by atoms with E-state index in [0.717, 1.165) is 0 Å². The summed E-state index contributed by atoms with van der Waals surface area (Å²) in [5.74, 6) is -0.0316. The molecule has 0 aliphatic rings. The molecule has 6 heteroatoms. The van der Waals surface area contributed by atoms with Crippen molar-refractivity contribution in [2.24, 2.45) is 0 Å². The van der Waals surface area contributed by atoms with Crippen molar-refractivity contribution < 1.29 is 17.5 Å². The van der Waals surface area contributed by atoms with Gasteiger partial charge >= 0.3 is 0 Å². The van der Waals surface area contributed by atoms with E-state index in [1.165, 1.54) is 18.2 Å². The molecule has 4 nitrogen and oxygen atoms in total. The first-order valence-corrected chi connectivity index (χ1v) is 8.53. The molecule has 0 radical (unpaired) electrons. The van der Waals surface area contributed by atoms with Gasteiger partial charge in [0.05, 0.1) is 5.75 Å². The van der Waals surface area contributed by atoms with Crippen LogP contribution in [0.5, 0.6) is 5.75 Å². The van der Waals surface area contributed by atoms with Crippen LogP contribution < -0.4 is 9.46 Å². The third-order valence-electron chi connectivity index (χ3n) is 2.92. The Kier molecular flexibility index (Phi) is 5.51. The summed E-state index contributed by atoms with van der Waals surface area (Å²) in [6, 6.07) is 14.7. The standard InChI is InChI=1S/C16H18FNO3S/c1-13(21-16-8-3-2-4-9-16)11-18-22(19,20)12-14-6-5-7-15(17)10-14/h2-10,13,18H,11-12H2,1H3. The summed E-state index contributed by atoms with van der Waals surface area (Å²) < 4.78 is 45.1. The maximum absolute atomic E-state index is 13.1. The molecule has 0 aliphatic carbocycles. The predicted octanol–water partition coefficient (Wildman–Crippen LogP) is 2.71. The van der Waals surface area contributed by atoms with Crippen LogP contribution in [0.1, 0.15) is 12.5 Å². The smallest absolute Gasteiger partial charge is 0.215 e. The highest BCUT2D eigenvalue weighted by Crippen LogP contribution is 2.11. The molecule has 1 atom stereocenters. The van der Waals surface area contributed by atoms with Crippen molar-refractivity contribution in [3.05, 3.63) is 66.0 Å². The number of halogens is 1. The second-order valence-corrected chi connectivity index (χ2v) is 6.79. The summed E-state index contributed by atoms with van der Waals surface area (Å²) in [6.07, 6.45) is -0.315. The molecule has 0 aromatic heterocycles.